The molecule has 0 aliphatic heterocycles. The maximum atomic E-state index is 2.44. The summed E-state index contributed by atoms with van der Waals surface area (Å²) in [5.41, 5.74) is 0. The van der Waals surface area contributed by atoms with Crippen LogP contribution in [0.25, 0.3) is 0 Å². The van der Waals surface area contributed by atoms with E-state index in [1.807, 2.05) is 0 Å². The molecule has 0 spiro atoms. The fourth-order valence-corrected chi connectivity index (χ4v) is 6.27. The Labute approximate surface area is 99.5 Å². The first-order chi connectivity index (χ1) is 7.24. The smallest absolute Gasteiger partial charge is 0.0228 e. The average molecular weight is 232 g/mol. The van der Waals surface area contributed by atoms with Crippen LogP contribution in [-0.4, -0.2) is 23.0 Å². The van der Waals surface area contributed by atoms with E-state index in [0.29, 0.717) is 0 Å². The first-order valence-corrected chi connectivity index (χ1v) is 9.29. The van der Waals surface area contributed by atoms with Gasteiger partial charge in [-0.05, 0) is 42.3 Å². The van der Waals surface area contributed by atoms with Gasteiger partial charge in [0, 0.05) is 0 Å². The van der Waals surface area contributed by atoms with Crippen LogP contribution in [0.15, 0.2) is 0 Å². The lowest BCUT2D eigenvalue weighted by molar-refractivity contribution is 0.845. The van der Waals surface area contributed by atoms with Crippen molar-refractivity contribution >= 4 is 10.0 Å². The average Bonchev–Trinajstić information content (AvgIpc) is 2.29. The standard InChI is InChI=1S/C14H32S/c1-5-9-12-15(8-4,13-10-6-2)14-11-7-3/h5-14H2,1-4H3. The van der Waals surface area contributed by atoms with Crippen LogP contribution >= 0.6 is 10.0 Å². The third-order valence-corrected chi connectivity index (χ3v) is 8.09. The van der Waals surface area contributed by atoms with E-state index in [-0.39, 0.29) is 10.0 Å². The van der Waals surface area contributed by atoms with Crippen molar-refractivity contribution in [1.29, 1.82) is 0 Å². The van der Waals surface area contributed by atoms with Gasteiger partial charge < -0.3 is 0 Å². The predicted octanol–water partition coefficient (Wildman–Crippen LogP) is 5.21. The van der Waals surface area contributed by atoms with E-state index in [1.165, 1.54) is 44.3 Å². The van der Waals surface area contributed by atoms with Gasteiger partial charge in [-0.15, -0.1) is 0 Å². The van der Waals surface area contributed by atoms with E-state index < -0.39 is 0 Å². The van der Waals surface area contributed by atoms with Gasteiger partial charge in [0.15, 0.2) is 0 Å². The van der Waals surface area contributed by atoms with Crippen LogP contribution in [-0.2, 0) is 0 Å². The molecule has 0 amide bonds. The highest BCUT2D eigenvalue weighted by atomic mass is 32.3. The Morgan fingerprint density at radius 3 is 1.13 bits per heavy atom. The van der Waals surface area contributed by atoms with Gasteiger partial charge in [-0.25, -0.2) is 10.0 Å². The highest BCUT2D eigenvalue weighted by Crippen LogP contribution is 2.49. The number of hydrogen-bond acceptors (Lipinski definition) is 0. The van der Waals surface area contributed by atoms with E-state index in [2.05, 4.69) is 27.7 Å². The predicted molar refractivity (Wildman–Crippen MR) is 77.5 cm³/mol. The van der Waals surface area contributed by atoms with Crippen molar-refractivity contribution in [1.82, 2.24) is 0 Å². The summed E-state index contributed by atoms with van der Waals surface area (Å²) >= 11 is 0. The topological polar surface area (TPSA) is 0 Å². The number of rotatable bonds is 10. The largest absolute Gasteiger partial charge is 0.241 e. The fraction of sp³-hybridized carbons (Fsp3) is 1.00. The lowest BCUT2D eigenvalue weighted by Gasteiger charge is -2.40. The zero-order valence-electron chi connectivity index (χ0n) is 11.5. The van der Waals surface area contributed by atoms with Gasteiger partial charge in [0.05, 0.1) is 0 Å². The molecule has 0 aromatic rings. The molecule has 0 aliphatic carbocycles. The first-order valence-electron chi connectivity index (χ1n) is 6.98. The molecule has 15 heavy (non-hydrogen) atoms. The second-order valence-electron chi connectivity index (χ2n) is 4.69. The lowest BCUT2D eigenvalue weighted by atomic mass is 10.4. The summed E-state index contributed by atoms with van der Waals surface area (Å²) < 4.78 is 0. The Bertz CT molecular complexity index is 110. The second-order valence-corrected chi connectivity index (χ2v) is 8.94. The molecule has 0 aromatic heterocycles. The summed E-state index contributed by atoms with van der Waals surface area (Å²) in [4.78, 5) is 0. The van der Waals surface area contributed by atoms with Crippen LogP contribution in [0.2, 0.25) is 0 Å². The molecule has 0 rings (SSSR count). The van der Waals surface area contributed by atoms with Gasteiger partial charge in [-0.1, -0.05) is 47.0 Å². The quantitative estimate of drug-likeness (QED) is 0.485. The van der Waals surface area contributed by atoms with Crippen LogP contribution in [0.1, 0.15) is 66.2 Å². The van der Waals surface area contributed by atoms with Crippen molar-refractivity contribution in [2.75, 3.05) is 23.0 Å². The minimum Gasteiger partial charge on any atom is -0.241 e. The molecule has 0 atom stereocenters. The summed E-state index contributed by atoms with van der Waals surface area (Å²) in [7, 11) is -0.221. The summed E-state index contributed by atoms with van der Waals surface area (Å²) in [5, 5.41) is 0. The van der Waals surface area contributed by atoms with E-state index in [0.717, 1.165) is 0 Å². The number of hydrogen-bond donors (Lipinski definition) is 0. The van der Waals surface area contributed by atoms with Crippen molar-refractivity contribution in [3.63, 3.8) is 0 Å². The molecule has 0 saturated carbocycles. The Kier molecular flexibility index (Phi) is 9.79. The minimum absolute atomic E-state index is 0.221. The molecular formula is C14H32S. The molecule has 94 valence electrons. The van der Waals surface area contributed by atoms with Crippen LogP contribution in [0.4, 0.5) is 0 Å². The first kappa shape index (κ1) is 15.3. The van der Waals surface area contributed by atoms with Gasteiger partial charge in [-0.3, -0.25) is 0 Å². The van der Waals surface area contributed by atoms with E-state index >= 15 is 0 Å². The third-order valence-electron chi connectivity index (χ3n) is 3.41. The molecule has 0 N–H and O–H groups in total. The molecule has 0 radical (unpaired) electrons. The summed E-state index contributed by atoms with van der Waals surface area (Å²) in [6.45, 7) is 9.44. The maximum Gasteiger partial charge on any atom is -0.0228 e. The molecule has 0 aliphatic rings. The van der Waals surface area contributed by atoms with Crippen LogP contribution in [0.3, 0.4) is 0 Å². The molecule has 0 bridgehead atoms. The highest BCUT2D eigenvalue weighted by Gasteiger charge is 2.19. The second kappa shape index (κ2) is 9.57. The fourth-order valence-electron chi connectivity index (χ4n) is 2.09. The lowest BCUT2D eigenvalue weighted by Crippen LogP contribution is -2.16. The highest BCUT2D eigenvalue weighted by molar-refractivity contribution is 8.33. The van der Waals surface area contributed by atoms with E-state index in [9.17, 15) is 0 Å². The summed E-state index contributed by atoms with van der Waals surface area (Å²) in [5.74, 6) is 6.15. The van der Waals surface area contributed by atoms with Gasteiger partial charge in [0.25, 0.3) is 0 Å². The Morgan fingerprint density at radius 1 is 0.600 bits per heavy atom. The Balaban J connectivity index is 4.16. The normalized spacial score (nSPS) is 13.1. The molecular weight excluding hydrogens is 200 g/mol. The van der Waals surface area contributed by atoms with Gasteiger partial charge >= 0.3 is 0 Å². The summed E-state index contributed by atoms with van der Waals surface area (Å²) in [6.07, 6.45) is 8.55. The molecule has 0 fully saturated rings. The summed E-state index contributed by atoms with van der Waals surface area (Å²) in [6, 6.07) is 0. The Morgan fingerprint density at radius 2 is 0.933 bits per heavy atom. The van der Waals surface area contributed by atoms with Crippen LogP contribution in [0, 0.1) is 0 Å². The van der Waals surface area contributed by atoms with Gasteiger partial charge in [0.2, 0.25) is 0 Å². The maximum absolute atomic E-state index is 2.44. The molecule has 0 saturated heterocycles. The molecule has 0 unspecified atom stereocenters. The molecule has 0 aromatic carbocycles. The SMILES string of the molecule is CCCCS(CC)(CCCC)CCCC. The van der Waals surface area contributed by atoms with E-state index in [4.69, 9.17) is 0 Å². The van der Waals surface area contributed by atoms with Gasteiger partial charge in [0.1, 0.15) is 0 Å². The van der Waals surface area contributed by atoms with Crippen molar-refractivity contribution < 1.29 is 0 Å². The van der Waals surface area contributed by atoms with Gasteiger partial charge in [-0.2, -0.15) is 0 Å². The zero-order chi connectivity index (χ0) is 11.6. The monoisotopic (exact) mass is 232 g/mol. The molecule has 0 heterocycles. The van der Waals surface area contributed by atoms with Crippen molar-refractivity contribution in [3.8, 4) is 0 Å². The molecule has 1 heteroatoms. The van der Waals surface area contributed by atoms with E-state index in [1.54, 1.807) is 17.3 Å². The van der Waals surface area contributed by atoms with Crippen molar-refractivity contribution in [2.45, 2.75) is 66.2 Å². The zero-order valence-corrected chi connectivity index (χ0v) is 12.3. The van der Waals surface area contributed by atoms with Crippen LogP contribution < -0.4 is 0 Å². The Hall–Kier alpha value is 0.350. The van der Waals surface area contributed by atoms with Crippen molar-refractivity contribution in [3.05, 3.63) is 0 Å². The number of unbranched alkanes of at least 4 members (excludes halogenated alkanes) is 3. The third kappa shape index (κ3) is 6.50. The minimum atomic E-state index is -0.221. The van der Waals surface area contributed by atoms with Crippen LogP contribution in [0.5, 0.6) is 0 Å². The molecule has 0 nitrogen and oxygen atoms in total. The van der Waals surface area contributed by atoms with Crippen molar-refractivity contribution in [2.24, 2.45) is 0 Å².